The van der Waals surface area contributed by atoms with Gasteiger partial charge in [0.15, 0.2) is 0 Å². The van der Waals surface area contributed by atoms with Crippen LogP contribution in [0.25, 0.3) is 0 Å². The summed E-state index contributed by atoms with van der Waals surface area (Å²) in [6.45, 7) is 0.895. The molecule has 10 heteroatoms. The number of nitriles is 1. The fraction of sp³-hybridized carbons (Fsp3) is 0.235. The molecule has 0 radical (unpaired) electrons. The smallest absolute Gasteiger partial charge is 0.272 e. The molecule has 140 valence electrons. The van der Waals surface area contributed by atoms with Crippen LogP contribution in [-0.4, -0.2) is 29.7 Å². The third-order valence-electron chi connectivity index (χ3n) is 3.56. The van der Waals surface area contributed by atoms with Crippen LogP contribution in [0.4, 0.5) is 22.7 Å². The lowest BCUT2D eigenvalue weighted by molar-refractivity contribution is -0.384. The van der Waals surface area contributed by atoms with Gasteiger partial charge in [0, 0.05) is 30.9 Å². The predicted octanol–water partition coefficient (Wildman–Crippen LogP) is 5.03. The SMILES string of the molecule is N#CCCN(CCO)c1ccc(/N=N/c2c(Cl)cc([N+](=O)[O-])cc2Cl)cc1. The summed E-state index contributed by atoms with van der Waals surface area (Å²) in [7, 11) is 0. The largest absolute Gasteiger partial charge is 0.395 e. The first-order valence-electron chi connectivity index (χ1n) is 7.84. The Hall–Kier alpha value is -2.73. The number of aliphatic hydroxyl groups excluding tert-OH is 1. The van der Waals surface area contributed by atoms with E-state index in [1.54, 1.807) is 24.3 Å². The van der Waals surface area contributed by atoms with E-state index in [-0.39, 0.29) is 28.0 Å². The van der Waals surface area contributed by atoms with Crippen LogP contribution in [0.1, 0.15) is 6.42 Å². The number of nitro benzene ring substituents is 1. The first-order valence-corrected chi connectivity index (χ1v) is 8.60. The molecule has 0 amide bonds. The van der Waals surface area contributed by atoms with Crippen LogP contribution in [0.3, 0.4) is 0 Å². The van der Waals surface area contributed by atoms with Crippen molar-refractivity contribution in [3.63, 3.8) is 0 Å². The highest BCUT2D eigenvalue weighted by Crippen LogP contribution is 2.37. The zero-order valence-corrected chi connectivity index (χ0v) is 15.6. The Kier molecular flexibility index (Phi) is 7.49. The molecule has 0 bridgehead atoms. The fourth-order valence-electron chi connectivity index (χ4n) is 2.27. The molecule has 0 aliphatic heterocycles. The van der Waals surface area contributed by atoms with Gasteiger partial charge in [0.05, 0.1) is 39.8 Å². The summed E-state index contributed by atoms with van der Waals surface area (Å²) in [6.07, 6.45) is 0.346. The number of halogens is 2. The second-order valence-electron chi connectivity index (χ2n) is 5.35. The van der Waals surface area contributed by atoms with E-state index in [1.165, 1.54) is 0 Å². The summed E-state index contributed by atoms with van der Waals surface area (Å²) < 4.78 is 0. The van der Waals surface area contributed by atoms with Gasteiger partial charge in [-0.25, -0.2) is 0 Å². The molecule has 1 N–H and O–H groups in total. The van der Waals surface area contributed by atoms with Crippen molar-refractivity contribution in [2.75, 3.05) is 24.6 Å². The van der Waals surface area contributed by atoms with E-state index in [9.17, 15) is 10.1 Å². The molecule has 2 aromatic rings. The van der Waals surface area contributed by atoms with E-state index in [1.807, 2.05) is 4.90 Å². The minimum atomic E-state index is -0.595. The first-order chi connectivity index (χ1) is 13.0. The van der Waals surface area contributed by atoms with E-state index in [0.717, 1.165) is 17.8 Å². The molecule has 0 atom stereocenters. The Morgan fingerprint density at radius 2 is 1.78 bits per heavy atom. The molecule has 8 nitrogen and oxygen atoms in total. The van der Waals surface area contributed by atoms with Crippen LogP contribution in [0.2, 0.25) is 10.0 Å². The van der Waals surface area contributed by atoms with Crippen molar-refractivity contribution < 1.29 is 10.0 Å². The van der Waals surface area contributed by atoms with E-state index in [0.29, 0.717) is 25.2 Å². The Bertz CT molecular complexity index is 858. The summed E-state index contributed by atoms with van der Waals surface area (Å²) in [4.78, 5) is 12.1. The summed E-state index contributed by atoms with van der Waals surface area (Å²) in [5.74, 6) is 0. The number of hydrogen-bond acceptors (Lipinski definition) is 7. The molecule has 0 aliphatic rings. The highest BCUT2D eigenvalue weighted by atomic mass is 35.5. The van der Waals surface area contributed by atoms with Gasteiger partial charge in [-0.1, -0.05) is 23.2 Å². The Balaban J connectivity index is 2.19. The molecule has 2 aromatic carbocycles. The van der Waals surface area contributed by atoms with Gasteiger partial charge in [0.25, 0.3) is 5.69 Å². The van der Waals surface area contributed by atoms with Crippen molar-refractivity contribution in [2.45, 2.75) is 6.42 Å². The van der Waals surface area contributed by atoms with Gasteiger partial charge in [-0.3, -0.25) is 10.1 Å². The van der Waals surface area contributed by atoms with E-state index < -0.39 is 4.92 Å². The minimum absolute atomic E-state index is 0.0238. The van der Waals surface area contributed by atoms with Crippen LogP contribution >= 0.6 is 23.2 Å². The summed E-state index contributed by atoms with van der Waals surface area (Å²) >= 11 is 12.0. The summed E-state index contributed by atoms with van der Waals surface area (Å²) in [6, 6.07) is 11.4. The quantitative estimate of drug-likeness (QED) is 0.374. The topological polar surface area (TPSA) is 115 Å². The number of non-ortho nitro benzene ring substituents is 1. The van der Waals surface area contributed by atoms with Crippen molar-refractivity contribution in [1.29, 1.82) is 5.26 Å². The van der Waals surface area contributed by atoms with Crippen molar-refractivity contribution in [1.82, 2.24) is 0 Å². The van der Waals surface area contributed by atoms with Crippen LogP contribution in [-0.2, 0) is 0 Å². The lowest BCUT2D eigenvalue weighted by Gasteiger charge is -2.22. The number of nitro groups is 1. The molecule has 0 aliphatic carbocycles. The molecule has 0 fully saturated rings. The molecule has 0 heterocycles. The molecule has 0 aromatic heterocycles. The van der Waals surface area contributed by atoms with Crippen LogP contribution in [0, 0.1) is 21.4 Å². The Labute approximate surface area is 165 Å². The maximum Gasteiger partial charge on any atom is 0.272 e. The summed E-state index contributed by atoms with van der Waals surface area (Å²) in [5, 5.41) is 36.7. The van der Waals surface area contributed by atoms with Crippen molar-refractivity contribution in [2.24, 2.45) is 10.2 Å². The van der Waals surface area contributed by atoms with Gasteiger partial charge in [-0.05, 0) is 24.3 Å². The number of anilines is 1. The average molecular weight is 408 g/mol. The molecular formula is C17H15Cl2N5O3. The number of rotatable bonds is 8. The zero-order chi connectivity index (χ0) is 19.8. The second kappa shape index (κ2) is 9.83. The molecule has 0 saturated carbocycles. The lowest BCUT2D eigenvalue weighted by atomic mass is 10.2. The highest BCUT2D eigenvalue weighted by Gasteiger charge is 2.14. The number of benzene rings is 2. The Morgan fingerprint density at radius 1 is 1.15 bits per heavy atom. The van der Waals surface area contributed by atoms with Crippen molar-refractivity contribution >= 4 is 46.0 Å². The predicted molar refractivity (Wildman–Crippen MR) is 103 cm³/mol. The lowest BCUT2D eigenvalue weighted by Crippen LogP contribution is -2.27. The second-order valence-corrected chi connectivity index (χ2v) is 6.16. The average Bonchev–Trinajstić information content (AvgIpc) is 2.65. The van der Waals surface area contributed by atoms with Gasteiger partial charge in [-0.2, -0.15) is 10.4 Å². The molecule has 0 saturated heterocycles. The number of hydrogen-bond donors (Lipinski definition) is 1. The third-order valence-corrected chi connectivity index (χ3v) is 4.13. The van der Waals surface area contributed by atoms with Crippen LogP contribution in [0.15, 0.2) is 46.6 Å². The maximum absolute atomic E-state index is 10.8. The highest BCUT2D eigenvalue weighted by molar-refractivity contribution is 6.39. The molecule has 2 rings (SSSR count). The van der Waals surface area contributed by atoms with Gasteiger partial charge >= 0.3 is 0 Å². The van der Waals surface area contributed by atoms with Gasteiger partial charge in [0.2, 0.25) is 0 Å². The molecule has 27 heavy (non-hydrogen) atoms. The number of azo groups is 1. The normalized spacial score (nSPS) is 10.7. The van der Waals surface area contributed by atoms with E-state index in [4.69, 9.17) is 33.6 Å². The monoisotopic (exact) mass is 407 g/mol. The maximum atomic E-state index is 10.8. The summed E-state index contributed by atoms with van der Waals surface area (Å²) in [5.41, 5.74) is 1.27. The van der Waals surface area contributed by atoms with E-state index in [2.05, 4.69) is 16.3 Å². The molecule has 0 unspecified atom stereocenters. The minimum Gasteiger partial charge on any atom is -0.395 e. The van der Waals surface area contributed by atoms with Gasteiger partial charge in [-0.15, -0.1) is 5.11 Å². The van der Waals surface area contributed by atoms with Crippen molar-refractivity contribution in [3.8, 4) is 6.07 Å². The van der Waals surface area contributed by atoms with Crippen LogP contribution < -0.4 is 4.90 Å². The van der Waals surface area contributed by atoms with E-state index >= 15 is 0 Å². The van der Waals surface area contributed by atoms with Crippen LogP contribution in [0.5, 0.6) is 0 Å². The molecular weight excluding hydrogens is 393 g/mol. The third kappa shape index (κ3) is 5.62. The standard InChI is InChI=1S/C17H15Cl2N5O3/c18-15-10-14(24(26)27)11-16(19)17(15)22-21-12-2-4-13(5-3-12)23(8-9-25)7-1-6-20/h2-5,10-11,25H,1,7-9H2/b22-21+. The zero-order valence-electron chi connectivity index (χ0n) is 14.0. The number of nitrogens with zero attached hydrogens (tertiary/aromatic N) is 5. The van der Waals surface area contributed by atoms with Gasteiger partial charge < -0.3 is 10.0 Å². The Morgan fingerprint density at radius 3 is 2.30 bits per heavy atom. The fourth-order valence-corrected chi connectivity index (χ4v) is 2.82. The molecule has 0 spiro atoms. The van der Waals surface area contributed by atoms with Crippen molar-refractivity contribution in [3.05, 3.63) is 56.6 Å². The first kappa shape index (κ1) is 20.6. The number of aliphatic hydroxyl groups is 1. The van der Waals surface area contributed by atoms with Gasteiger partial charge in [0.1, 0.15) is 5.69 Å².